The van der Waals surface area contributed by atoms with Gasteiger partial charge in [0, 0.05) is 11.8 Å². The SMILES string of the molecule is CC(C)(C)OC(=O)CCCCOc1cccc2cc3ccccc3cc12. The summed E-state index contributed by atoms with van der Waals surface area (Å²) in [6.45, 7) is 6.25. The molecule has 0 saturated carbocycles. The molecule has 0 radical (unpaired) electrons. The zero-order valence-corrected chi connectivity index (χ0v) is 15.7. The summed E-state index contributed by atoms with van der Waals surface area (Å²) >= 11 is 0. The minimum atomic E-state index is -0.417. The van der Waals surface area contributed by atoms with Crippen molar-refractivity contribution in [3.05, 3.63) is 54.6 Å². The van der Waals surface area contributed by atoms with Crippen molar-refractivity contribution < 1.29 is 14.3 Å². The van der Waals surface area contributed by atoms with Crippen molar-refractivity contribution in [1.82, 2.24) is 0 Å². The highest BCUT2D eigenvalue weighted by Gasteiger charge is 2.15. The maximum absolute atomic E-state index is 11.7. The summed E-state index contributed by atoms with van der Waals surface area (Å²) < 4.78 is 11.3. The first kappa shape index (κ1) is 18.2. The molecule has 0 aliphatic carbocycles. The van der Waals surface area contributed by atoms with Gasteiger partial charge in [0.1, 0.15) is 11.4 Å². The number of rotatable bonds is 6. The van der Waals surface area contributed by atoms with Crippen LogP contribution >= 0.6 is 0 Å². The van der Waals surface area contributed by atoms with Crippen LogP contribution in [0.25, 0.3) is 21.5 Å². The fourth-order valence-electron chi connectivity index (χ4n) is 3.01. The molecular formula is C23H26O3. The van der Waals surface area contributed by atoms with Crippen LogP contribution in [0.5, 0.6) is 5.75 Å². The molecule has 0 spiro atoms. The van der Waals surface area contributed by atoms with Crippen LogP contribution in [0.2, 0.25) is 0 Å². The molecule has 136 valence electrons. The Bertz CT molecular complexity index is 906. The molecule has 0 amide bonds. The summed E-state index contributed by atoms with van der Waals surface area (Å²) in [6, 6.07) is 18.9. The van der Waals surface area contributed by atoms with E-state index in [-0.39, 0.29) is 5.97 Å². The van der Waals surface area contributed by atoms with Gasteiger partial charge in [0.25, 0.3) is 0 Å². The van der Waals surface area contributed by atoms with E-state index in [4.69, 9.17) is 9.47 Å². The normalized spacial score (nSPS) is 11.7. The summed E-state index contributed by atoms with van der Waals surface area (Å²) in [7, 11) is 0. The molecule has 0 aliphatic heterocycles. The highest BCUT2D eigenvalue weighted by molar-refractivity contribution is 6.00. The van der Waals surface area contributed by atoms with Crippen molar-refractivity contribution in [2.24, 2.45) is 0 Å². The highest BCUT2D eigenvalue weighted by atomic mass is 16.6. The summed E-state index contributed by atoms with van der Waals surface area (Å²) in [5.74, 6) is 0.750. The van der Waals surface area contributed by atoms with E-state index in [9.17, 15) is 4.79 Å². The third-order valence-corrected chi connectivity index (χ3v) is 4.16. The minimum Gasteiger partial charge on any atom is -0.493 e. The van der Waals surface area contributed by atoms with Crippen molar-refractivity contribution >= 4 is 27.5 Å². The minimum absolute atomic E-state index is 0.144. The molecule has 0 aliphatic rings. The molecule has 3 aromatic carbocycles. The summed E-state index contributed by atoms with van der Waals surface area (Å²) in [6.07, 6.45) is 2.02. The van der Waals surface area contributed by atoms with E-state index >= 15 is 0 Å². The van der Waals surface area contributed by atoms with Gasteiger partial charge < -0.3 is 9.47 Å². The Morgan fingerprint density at radius 2 is 1.58 bits per heavy atom. The van der Waals surface area contributed by atoms with Gasteiger partial charge in [-0.1, -0.05) is 36.4 Å². The number of hydrogen-bond donors (Lipinski definition) is 0. The second-order valence-corrected chi connectivity index (χ2v) is 7.57. The number of ether oxygens (including phenoxy) is 2. The van der Waals surface area contributed by atoms with Crippen molar-refractivity contribution in [3.63, 3.8) is 0 Å². The fraction of sp³-hybridized carbons (Fsp3) is 0.348. The van der Waals surface area contributed by atoms with Crippen LogP contribution < -0.4 is 4.74 Å². The Morgan fingerprint density at radius 1 is 0.885 bits per heavy atom. The molecule has 3 aromatic rings. The van der Waals surface area contributed by atoms with E-state index in [0.29, 0.717) is 13.0 Å². The number of esters is 1. The van der Waals surface area contributed by atoms with Crippen LogP contribution in [0.15, 0.2) is 54.6 Å². The highest BCUT2D eigenvalue weighted by Crippen LogP contribution is 2.30. The molecule has 0 N–H and O–H groups in total. The topological polar surface area (TPSA) is 35.5 Å². The lowest BCUT2D eigenvalue weighted by molar-refractivity contribution is -0.154. The Hall–Kier alpha value is -2.55. The van der Waals surface area contributed by atoms with E-state index in [1.54, 1.807) is 0 Å². The lowest BCUT2D eigenvalue weighted by Crippen LogP contribution is -2.23. The molecule has 0 aromatic heterocycles. The molecule has 0 fully saturated rings. The van der Waals surface area contributed by atoms with E-state index < -0.39 is 5.60 Å². The van der Waals surface area contributed by atoms with Crippen molar-refractivity contribution in [2.75, 3.05) is 6.61 Å². The number of benzene rings is 3. The van der Waals surface area contributed by atoms with Gasteiger partial charge in [0.2, 0.25) is 0 Å². The molecule has 3 rings (SSSR count). The molecule has 3 heteroatoms. The molecule has 26 heavy (non-hydrogen) atoms. The number of carbonyl (C=O) groups excluding carboxylic acids is 1. The zero-order valence-electron chi connectivity index (χ0n) is 15.7. The van der Waals surface area contributed by atoms with Gasteiger partial charge in [0.15, 0.2) is 0 Å². The first-order valence-electron chi connectivity index (χ1n) is 9.18. The Morgan fingerprint density at radius 3 is 2.31 bits per heavy atom. The third kappa shape index (κ3) is 4.75. The van der Waals surface area contributed by atoms with Crippen molar-refractivity contribution in [2.45, 2.75) is 45.6 Å². The summed E-state index contributed by atoms with van der Waals surface area (Å²) in [4.78, 5) is 11.7. The Labute approximate surface area is 154 Å². The molecule has 3 nitrogen and oxygen atoms in total. The Balaban J connectivity index is 1.59. The van der Waals surface area contributed by atoms with E-state index in [0.717, 1.165) is 24.0 Å². The van der Waals surface area contributed by atoms with Gasteiger partial charge in [-0.2, -0.15) is 0 Å². The molecule has 0 bridgehead atoms. The smallest absolute Gasteiger partial charge is 0.306 e. The fourth-order valence-corrected chi connectivity index (χ4v) is 3.01. The van der Waals surface area contributed by atoms with Crippen LogP contribution in [0, 0.1) is 0 Å². The van der Waals surface area contributed by atoms with Crippen LogP contribution in [0.1, 0.15) is 40.0 Å². The average molecular weight is 350 g/mol. The molecular weight excluding hydrogens is 324 g/mol. The third-order valence-electron chi connectivity index (χ3n) is 4.16. The molecule has 0 unspecified atom stereocenters. The predicted octanol–water partition coefficient (Wildman–Crippen LogP) is 5.88. The molecule has 0 heterocycles. The number of carbonyl (C=O) groups is 1. The van der Waals surface area contributed by atoms with Crippen LogP contribution in [-0.2, 0) is 9.53 Å². The van der Waals surface area contributed by atoms with Gasteiger partial charge in [-0.3, -0.25) is 4.79 Å². The summed E-state index contributed by atoms with van der Waals surface area (Å²) in [5.41, 5.74) is -0.417. The van der Waals surface area contributed by atoms with Crippen LogP contribution in [0.4, 0.5) is 0 Å². The quantitative estimate of drug-likeness (QED) is 0.316. The van der Waals surface area contributed by atoms with Crippen LogP contribution in [-0.4, -0.2) is 18.2 Å². The van der Waals surface area contributed by atoms with Gasteiger partial charge in [-0.05, 0) is 68.0 Å². The van der Waals surface area contributed by atoms with Gasteiger partial charge >= 0.3 is 5.97 Å². The predicted molar refractivity (Wildman–Crippen MR) is 107 cm³/mol. The standard InChI is InChI=1S/C23H26O3/c1-23(2,3)26-22(24)13-6-7-14-25-21-12-8-11-19-15-17-9-4-5-10-18(17)16-20(19)21/h4-5,8-12,15-16H,6-7,13-14H2,1-3H3. The monoisotopic (exact) mass is 350 g/mol. The maximum atomic E-state index is 11.7. The van der Waals surface area contributed by atoms with Gasteiger partial charge in [0.05, 0.1) is 6.61 Å². The molecule has 0 saturated heterocycles. The number of fused-ring (bicyclic) bond motifs is 2. The van der Waals surface area contributed by atoms with E-state index in [2.05, 4.69) is 36.4 Å². The Kier molecular flexibility index (Phi) is 5.46. The van der Waals surface area contributed by atoms with Gasteiger partial charge in [-0.15, -0.1) is 0 Å². The first-order valence-corrected chi connectivity index (χ1v) is 9.18. The van der Waals surface area contributed by atoms with Gasteiger partial charge in [-0.25, -0.2) is 0 Å². The lowest BCUT2D eigenvalue weighted by Gasteiger charge is -2.19. The largest absolute Gasteiger partial charge is 0.493 e. The molecule has 0 atom stereocenters. The summed E-state index contributed by atoms with van der Waals surface area (Å²) in [5, 5.41) is 4.74. The van der Waals surface area contributed by atoms with Crippen molar-refractivity contribution in [1.29, 1.82) is 0 Å². The maximum Gasteiger partial charge on any atom is 0.306 e. The van der Waals surface area contributed by atoms with Crippen molar-refractivity contribution in [3.8, 4) is 5.75 Å². The second kappa shape index (κ2) is 7.77. The lowest BCUT2D eigenvalue weighted by atomic mass is 10.0. The second-order valence-electron chi connectivity index (χ2n) is 7.57. The first-order chi connectivity index (χ1) is 12.4. The van der Waals surface area contributed by atoms with Crippen LogP contribution in [0.3, 0.4) is 0 Å². The average Bonchev–Trinajstić information content (AvgIpc) is 2.58. The zero-order chi connectivity index (χ0) is 18.6. The van der Waals surface area contributed by atoms with E-state index in [1.165, 1.54) is 16.2 Å². The number of unbranched alkanes of at least 4 members (excludes halogenated alkanes) is 1. The van der Waals surface area contributed by atoms with E-state index in [1.807, 2.05) is 39.0 Å². The number of hydrogen-bond acceptors (Lipinski definition) is 3.